The van der Waals surface area contributed by atoms with Gasteiger partial charge in [0.2, 0.25) is 0 Å². The Bertz CT molecular complexity index is 721. The van der Waals surface area contributed by atoms with E-state index in [1.807, 2.05) is 18.2 Å². The molecule has 0 saturated carbocycles. The summed E-state index contributed by atoms with van der Waals surface area (Å²) in [6.45, 7) is 4.41. The Morgan fingerprint density at radius 1 is 1.20 bits per heavy atom. The number of aryl methyl sites for hydroxylation is 1. The first-order chi connectivity index (χ1) is 12.1. The molecule has 25 heavy (non-hydrogen) atoms. The first-order valence-corrected chi connectivity index (χ1v) is 8.41. The molecular weight excluding hydrogens is 320 g/mol. The number of amides is 2. The van der Waals surface area contributed by atoms with E-state index in [1.165, 1.54) is 5.56 Å². The van der Waals surface area contributed by atoms with E-state index < -0.39 is 11.8 Å². The van der Waals surface area contributed by atoms with Crippen molar-refractivity contribution in [3.8, 4) is 0 Å². The van der Waals surface area contributed by atoms with Crippen LogP contribution in [0.3, 0.4) is 0 Å². The Balaban J connectivity index is 1.42. The molecule has 2 aromatic rings. The lowest BCUT2D eigenvalue weighted by atomic mass is 10.0. The van der Waals surface area contributed by atoms with Gasteiger partial charge >= 0.3 is 11.8 Å². The molecule has 1 aliphatic heterocycles. The molecule has 0 spiro atoms. The van der Waals surface area contributed by atoms with E-state index in [-0.39, 0.29) is 11.9 Å². The summed E-state index contributed by atoms with van der Waals surface area (Å²) >= 11 is 0. The second-order valence-electron chi connectivity index (χ2n) is 6.29. The molecule has 1 fully saturated rings. The summed E-state index contributed by atoms with van der Waals surface area (Å²) in [5, 5.41) is 8.86. The number of aromatic nitrogens is 1. The minimum absolute atomic E-state index is 0.0179. The van der Waals surface area contributed by atoms with E-state index in [0.717, 1.165) is 32.5 Å². The second-order valence-corrected chi connectivity index (χ2v) is 6.29. The Kier molecular flexibility index (Phi) is 5.45. The zero-order valence-electron chi connectivity index (χ0n) is 14.2. The predicted molar refractivity (Wildman–Crippen MR) is 92.8 cm³/mol. The number of hydrogen-bond acceptors (Lipinski definition) is 5. The van der Waals surface area contributed by atoms with Crippen LogP contribution in [-0.2, 0) is 16.1 Å². The number of carbonyl (C=O) groups excluding carboxylic acids is 2. The van der Waals surface area contributed by atoms with Gasteiger partial charge in [-0.3, -0.25) is 19.8 Å². The third-order valence-electron chi connectivity index (χ3n) is 4.25. The van der Waals surface area contributed by atoms with Crippen LogP contribution in [0.15, 0.2) is 40.9 Å². The quantitative estimate of drug-likeness (QED) is 0.826. The zero-order valence-corrected chi connectivity index (χ0v) is 14.2. The first kappa shape index (κ1) is 17.2. The highest BCUT2D eigenvalue weighted by molar-refractivity contribution is 6.39. The topological polar surface area (TPSA) is 87.5 Å². The standard InChI is InChI=1S/C18H22N4O3/c1-13-11-16(21-25-13)20-18(24)17(23)19-15-7-9-22(10-8-15)12-14-5-3-2-4-6-14/h2-6,11,15H,7-10,12H2,1H3,(H,19,23)(H,20,21,24). The number of rotatable bonds is 4. The summed E-state index contributed by atoms with van der Waals surface area (Å²) in [5.41, 5.74) is 1.28. The van der Waals surface area contributed by atoms with Crippen molar-refractivity contribution in [3.05, 3.63) is 47.7 Å². The van der Waals surface area contributed by atoms with Gasteiger partial charge in [-0.1, -0.05) is 35.5 Å². The molecule has 1 aromatic carbocycles. The maximum Gasteiger partial charge on any atom is 0.314 e. The van der Waals surface area contributed by atoms with Crippen molar-refractivity contribution in [1.29, 1.82) is 0 Å². The maximum absolute atomic E-state index is 12.0. The Morgan fingerprint density at radius 3 is 2.56 bits per heavy atom. The van der Waals surface area contributed by atoms with Crippen molar-refractivity contribution in [3.63, 3.8) is 0 Å². The van der Waals surface area contributed by atoms with Gasteiger partial charge in [0.05, 0.1) is 0 Å². The van der Waals surface area contributed by atoms with Gasteiger partial charge < -0.3 is 9.84 Å². The molecular formula is C18H22N4O3. The summed E-state index contributed by atoms with van der Waals surface area (Å²) in [7, 11) is 0. The van der Waals surface area contributed by atoms with E-state index in [1.54, 1.807) is 13.0 Å². The molecule has 0 radical (unpaired) electrons. The van der Waals surface area contributed by atoms with Gasteiger partial charge in [-0.25, -0.2) is 0 Å². The molecule has 1 aliphatic rings. The van der Waals surface area contributed by atoms with Crippen molar-refractivity contribution in [2.45, 2.75) is 32.4 Å². The van der Waals surface area contributed by atoms with Gasteiger partial charge in [-0.15, -0.1) is 0 Å². The molecule has 7 nitrogen and oxygen atoms in total. The number of anilines is 1. The second kappa shape index (κ2) is 7.94. The Labute approximate surface area is 146 Å². The van der Waals surface area contributed by atoms with Crippen LogP contribution in [0.2, 0.25) is 0 Å². The third kappa shape index (κ3) is 4.90. The Hall–Kier alpha value is -2.67. The predicted octanol–water partition coefficient (Wildman–Crippen LogP) is 1.70. The number of nitrogens with one attached hydrogen (secondary N) is 2. The fourth-order valence-corrected chi connectivity index (χ4v) is 2.93. The molecule has 132 valence electrons. The molecule has 2 heterocycles. The van der Waals surface area contributed by atoms with Crippen LogP contribution >= 0.6 is 0 Å². The van der Waals surface area contributed by atoms with Crippen LogP contribution in [0.1, 0.15) is 24.2 Å². The van der Waals surface area contributed by atoms with Crippen LogP contribution in [0.25, 0.3) is 0 Å². The summed E-state index contributed by atoms with van der Waals surface area (Å²) < 4.78 is 4.85. The Morgan fingerprint density at radius 2 is 1.92 bits per heavy atom. The summed E-state index contributed by atoms with van der Waals surface area (Å²) in [6, 6.07) is 11.9. The van der Waals surface area contributed by atoms with E-state index in [9.17, 15) is 9.59 Å². The lowest BCUT2D eigenvalue weighted by Gasteiger charge is -2.32. The van der Waals surface area contributed by atoms with Crippen LogP contribution in [0.4, 0.5) is 5.82 Å². The molecule has 0 aliphatic carbocycles. The van der Waals surface area contributed by atoms with Gasteiger partial charge in [0, 0.05) is 31.7 Å². The molecule has 1 aromatic heterocycles. The highest BCUT2D eigenvalue weighted by Gasteiger charge is 2.24. The number of carbonyl (C=O) groups is 2. The van der Waals surface area contributed by atoms with Crippen LogP contribution in [0.5, 0.6) is 0 Å². The zero-order chi connectivity index (χ0) is 17.6. The fraction of sp³-hybridized carbons (Fsp3) is 0.389. The van der Waals surface area contributed by atoms with Crippen LogP contribution < -0.4 is 10.6 Å². The van der Waals surface area contributed by atoms with Crippen LogP contribution in [0, 0.1) is 6.92 Å². The lowest BCUT2D eigenvalue weighted by Crippen LogP contribution is -2.47. The van der Waals surface area contributed by atoms with E-state index >= 15 is 0 Å². The molecule has 7 heteroatoms. The number of piperidine rings is 1. The monoisotopic (exact) mass is 342 g/mol. The van der Waals surface area contributed by atoms with Crippen molar-refractivity contribution < 1.29 is 14.1 Å². The largest absolute Gasteiger partial charge is 0.360 e. The number of benzene rings is 1. The van der Waals surface area contributed by atoms with E-state index in [2.05, 4.69) is 32.8 Å². The molecule has 0 atom stereocenters. The highest BCUT2D eigenvalue weighted by atomic mass is 16.5. The van der Waals surface area contributed by atoms with Gasteiger partial charge in [-0.05, 0) is 25.3 Å². The normalized spacial score (nSPS) is 15.7. The molecule has 0 bridgehead atoms. The van der Waals surface area contributed by atoms with Crippen molar-refractivity contribution in [2.75, 3.05) is 18.4 Å². The van der Waals surface area contributed by atoms with Crippen molar-refractivity contribution in [2.24, 2.45) is 0 Å². The minimum atomic E-state index is -0.722. The number of likely N-dealkylation sites (tertiary alicyclic amines) is 1. The van der Waals surface area contributed by atoms with Crippen molar-refractivity contribution >= 4 is 17.6 Å². The number of nitrogens with zero attached hydrogens (tertiary/aromatic N) is 2. The summed E-state index contributed by atoms with van der Waals surface area (Å²) in [6.07, 6.45) is 1.66. The lowest BCUT2D eigenvalue weighted by molar-refractivity contribution is -0.136. The molecule has 1 saturated heterocycles. The van der Waals surface area contributed by atoms with Gasteiger partial charge in [-0.2, -0.15) is 0 Å². The smallest absolute Gasteiger partial charge is 0.314 e. The summed E-state index contributed by atoms with van der Waals surface area (Å²) in [5.74, 6) is -0.543. The van der Waals surface area contributed by atoms with Gasteiger partial charge in [0.25, 0.3) is 0 Å². The van der Waals surface area contributed by atoms with Gasteiger partial charge in [0.15, 0.2) is 5.82 Å². The molecule has 2 amide bonds. The summed E-state index contributed by atoms with van der Waals surface area (Å²) in [4.78, 5) is 26.2. The van der Waals surface area contributed by atoms with Crippen molar-refractivity contribution in [1.82, 2.24) is 15.4 Å². The fourth-order valence-electron chi connectivity index (χ4n) is 2.93. The highest BCUT2D eigenvalue weighted by Crippen LogP contribution is 2.14. The number of hydrogen-bond donors (Lipinski definition) is 2. The van der Waals surface area contributed by atoms with E-state index in [0.29, 0.717) is 5.76 Å². The average Bonchev–Trinajstić information content (AvgIpc) is 3.02. The SMILES string of the molecule is Cc1cc(NC(=O)C(=O)NC2CCN(Cc3ccccc3)CC2)no1. The first-order valence-electron chi connectivity index (χ1n) is 8.41. The maximum atomic E-state index is 12.0. The molecule has 0 unspecified atom stereocenters. The molecule has 2 N–H and O–H groups in total. The average molecular weight is 342 g/mol. The third-order valence-corrected chi connectivity index (χ3v) is 4.25. The minimum Gasteiger partial charge on any atom is -0.360 e. The van der Waals surface area contributed by atoms with E-state index in [4.69, 9.17) is 4.52 Å². The molecule has 3 rings (SSSR count). The van der Waals surface area contributed by atoms with Crippen LogP contribution in [-0.4, -0.2) is 41.0 Å². The van der Waals surface area contributed by atoms with Gasteiger partial charge in [0.1, 0.15) is 5.76 Å².